The van der Waals surface area contributed by atoms with E-state index in [2.05, 4.69) is 0 Å². The number of fused-ring (bicyclic) bond motifs is 8. The van der Waals surface area contributed by atoms with E-state index < -0.39 is 170 Å². The van der Waals surface area contributed by atoms with Gasteiger partial charge in [-0.1, -0.05) is 0 Å². The number of halogens is 30. The maximum absolute atomic E-state index is 15.9. The molecule has 34 heteroatoms. The van der Waals surface area contributed by atoms with Crippen LogP contribution in [0.25, 0.3) is 22.3 Å². The molecule has 5 heterocycles. The van der Waals surface area contributed by atoms with Gasteiger partial charge in [-0.25, -0.2) is 0 Å². The van der Waals surface area contributed by atoms with E-state index in [0.717, 1.165) is 19.9 Å². The minimum absolute atomic E-state index is 0.359. The highest BCUT2D eigenvalue weighted by atomic mass is 127. The van der Waals surface area contributed by atoms with Crippen LogP contribution in [0, 0.1) is 7.14 Å². The zero-order chi connectivity index (χ0) is 51.2. The van der Waals surface area contributed by atoms with Crippen LogP contribution in [0.4, 0.5) is 123 Å². The van der Waals surface area contributed by atoms with E-state index in [1.807, 2.05) is 0 Å². The highest BCUT2D eigenvalue weighted by molar-refractivity contribution is 14.1. The van der Waals surface area contributed by atoms with Crippen molar-refractivity contribution in [1.82, 2.24) is 19.9 Å². The summed E-state index contributed by atoms with van der Waals surface area (Å²) in [5, 5.41) is -9.09. The number of alkyl halides is 28. The normalized spacial score (nSPS) is 16.2. The maximum atomic E-state index is 15.9. The summed E-state index contributed by atoms with van der Waals surface area (Å²) in [5.74, 6) is -58.1. The van der Waals surface area contributed by atoms with Crippen molar-refractivity contribution in [1.29, 1.82) is 0 Å². The third-order valence-electron chi connectivity index (χ3n) is 9.28. The van der Waals surface area contributed by atoms with Crippen LogP contribution in [0.15, 0.2) is 36.4 Å². The molecule has 0 aromatic carbocycles. The van der Waals surface area contributed by atoms with Crippen molar-refractivity contribution in [2.24, 2.45) is 0 Å². The fourth-order valence-corrected chi connectivity index (χ4v) is 7.53. The maximum Gasteiger partial charge on any atom is 0.460 e. The van der Waals surface area contributed by atoms with Crippen LogP contribution >= 0.6 is 45.2 Å². The van der Waals surface area contributed by atoms with Gasteiger partial charge in [0.05, 0.1) is 66.5 Å². The number of nitrogens with one attached hydrogen (secondary N) is 4. The Labute approximate surface area is 369 Å². The van der Waals surface area contributed by atoms with Gasteiger partial charge in [-0.05, 0) is 81.6 Å². The topological polar surface area (TPSA) is 63.2 Å². The van der Waals surface area contributed by atoms with E-state index in [4.69, 9.17) is 0 Å². The van der Waals surface area contributed by atoms with E-state index in [1.165, 1.54) is 0 Å². The molecule has 4 aromatic heterocycles. The van der Waals surface area contributed by atoms with Gasteiger partial charge in [-0.2, -0.15) is 123 Å². The zero-order valence-corrected chi connectivity index (χ0v) is 34.1. The minimum atomic E-state index is -7.50. The van der Waals surface area contributed by atoms with Crippen molar-refractivity contribution in [3.8, 4) is 0 Å². The Balaban J connectivity index is 2.24. The van der Waals surface area contributed by atoms with Crippen molar-refractivity contribution in [2.75, 3.05) is 0 Å². The van der Waals surface area contributed by atoms with Crippen LogP contribution in [0.3, 0.4) is 0 Å². The number of aromatic nitrogens is 4. The van der Waals surface area contributed by atoms with Gasteiger partial charge in [0.2, 0.25) is 0 Å². The fraction of sp³-hybridized carbons (Fsp3) is 0.375. The lowest BCUT2D eigenvalue weighted by Gasteiger charge is -2.30. The Bertz CT molecular complexity index is 2610. The summed E-state index contributed by atoms with van der Waals surface area (Å²) >= 11 is 0.975. The van der Waals surface area contributed by atoms with E-state index in [9.17, 15) is 87.8 Å². The SMILES string of the molecule is FC(F)(F)C(F)(F)C(F)(F)C1=c2cc(I)c([nH]2)=C(C(F)(F)C(F)(F)C(F)(F)F)c2ccc([nH]2)C(C(F)(F)C(F)(F)C(F)(F)F)=c2cc(I)c([nH]2)=C(C(F)(F)C(F)(F)C(F)(F)F)c2ccc1[nH]2. The average Bonchev–Trinajstić information content (AvgIpc) is 3.92. The van der Waals surface area contributed by atoms with Crippen molar-refractivity contribution >= 4 is 67.5 Å². The van der Waals surface area contributed by atoms with E-state index in [-0.39, 0.29) is 12.1 Å². The first-order valence-electron chi connectivity index (χ1n) is 16.1. The van der Waals surface area contributed by atoms with Gasteiger partial charge < -0.3 is 19.9 Å². The molecule has 1 aliphatic rings. The van der Waals surface area contributed by atoms with E-state index in [1.54, 1.807) is 0 Å². The second-order valence-corrected chi connectivity index (χ2v) is 15.8. The van der Waals surface area contributed by atoms with Crippen LogP contribution in [0.5, 0.6) is 0 Å². The number of aromatic amines is 4. The molecule has 4 nitrogen and oxygen atoms in total. The van der Waals surface area contributed by atoms with Gasteiger partial charge in [0.25, 0.3) is 0 Å². The second kappa shape index (κ2) is 15.3. The van der Waals surface area contributed by atoms with Crippen molar-refractivity contribution in [3.05, 3.63) is 87.7 Å². The van der Waals surface area contributed by atoms with Crippen LogP contribution in [-0.4, -0.2) is 92.0 Å². The lowest BCUT2D eigenvalue weighted by atomic mass is 9.98. The third kappa shape index (κ3) is 7.61. The molecule has 0 aliphatic carbocycles. The number of rotatable bonds is 8. The molecule has 368 valence electrons. The Hall–Kier alpha value is -3.90. The molecule has 5 rings (SSSR count). The quantitative estimate of drug-likeness (QED) is 0.100. The molecule has 0 saturated carbocycles. The fourth-order valence-electron chi connectivity index (χ4n) is 6.09. The van der Waals surface area contributed by atoms with Crippen molar-refractivity contribution in [3.63, 3.8) is 0 Å². The molecule has 0 fully saturated rings. The summed E-state index contributed by atoms with van der Waals surface area (Å²) in [6.45, 7) is 0. The van der Waals surface area contributed by atoms with Crippen LogP contribution in [0.2, 0.25) is 0 Å². The number of H-pyrrole nitrogens is 4. The molecule has 0 unspecified atom stereocenters. The Morgan fingerprint density at radius 3 is 0.697 bits per heavy atom. The smallest absolute Gasteiger partial charge is 0.355 e. The third-order valence-corrected chi connectivity index (χ3v) is 11.0. The first-order valence-corrected chi connectivity index (χ1v) is 18.3. The Kier molecular flexibility index (Phi) is 12.3. The van der Waals surface area contributed by atoms with Crippen LogP contribution in [-0.2, 0) is 0 Å². The van der Waals surface area contributed by atoms with Gasteiger partial charge in [0.15, 0.2) is 0 Å². The molecule has 1 aliphatic heterocycles. The van der Waals surface area contributed by atoms with Gasteiger partial charge in [-0.3, -0.25) is 0 Å². The van der Waals surface area contributed by atoms with Gasteiger partial charge >= 0.3 is 72.1 Å². The zero-order valence-electron chi connectivity index (χ0n) is 29.8. The molecular formula is C32H10F28I2N4. The summed E-state index contributed by atoms with van der Waals surface area (Å²) in [6, 6.07) is -2.39. The van der Waals surface area contributed by atoms with Crippen molar-refractivity contribution < 1.29 is 123 Å². The summed E-state index contributed by atoms with van der Waals surface area (Å²) in [6.07, 6.45) is -29.8. The lowest BCUT2D eigenvalue weighted by Crippen LogP contribution is -2.54. The first kappa shape index (κ1) is 53.1. The summed E-state index contributed by atoms with van der Waals surface area (Å²) in [7, 11) is 0. The second-order valence-electron chi connectivity index (χ2n) is 13.5. The molecule has 0 spiro atoms. The van der Waals surface area contributed by atoms with Crippen LogP contribution < -0.4 is 21.4 Å². The van der Waals surface area contributed by atoms with Gasteiger partial charge in [0.1, 0.15) is 0 Å². The minimum Gasteiger partial charge on any atom is -0.355 e. The lowest BCUT2D eigenvalue weighted by molar-refractivity contribution is -0.339. The standard InChI is InChI=1S/C32H10F28I2N4/c33-21(34,25(41,42)29(49,50)51)15-9-1-3-11(63-9)17(23(37,38)27(45,46)31(55,56)57)19-8(62)6-14(66-19)16(22(35,36)26(43,44)30(52,53)54)10-2-4-12(64-10)18(20-7(61)5-13(15)65-20)24(39,40)28(47,48)32(58,59)60/h1-6,63-66H. The van der Waals surface area contributed by atoms with E-state index >= 15 is 35.1 Å². The molecule has 4 N–H and O–H groups in total. The molecule has 0 saturated heterocycles. The largest absolute Gasteiger partial charge is 0.460 e. The highest BCUT2D eigenvalue weighted by Crippen LogP contribution is 2.56. The van der Waals surface area contributed by atoms with E-state index in [0.29, 0.717) is 45.2 Å². The summed E-state index contributed by atoms with van der Waals surface area (Å²) in [5.41, 5.74) is -21.5. The van der Waals surface area contributed by atoms with Gasteiger partial charge in [0, 0.05) is 7.14 Å². The molecule has 4 aromatic rings. The number of hydrogen-bond donors (Lipinski definition) is 4. The predicted molar refractivity (Wildman–Crippen MR) is 181 cm³/mol. The predicted octanol–water partition coefficient (Wildman–Crippen LogP) is 10.6. The van der Waals surface area contributed by atoms with Crippen molar-refractivity contribution in [2.45, 2.75) is 72.1 Å². The highest BCUT2D eigenvalue weighted by Gasteiger charge is 2.78. The molecule has 0 radical (unpaired) electrons. The Morgan fingerprint density at radius 1 is 0.288 bits per heavy atom. The molecule has 0 atom stereocenters. The number of hydrogen-bond acceptors (Lipinski definition) is 0. The molecule has 66 heavy (non-hydrogen) atoms. The van der Waals surface area contributed by atoms with Crippen LogP contribution in [0.1, 0.15) is 22.8 Å². The molecule has 0 amide bonds. The monoisotopic (exact) mass is 1240 g/mol. The summed E-state index contributed by atoms with van der Waals surface area (Å²) in [4.78, 5) is 4.20. The first-order chi connectivity index (χ1) is 29.2. The summed E-state index contributed by atoms with van der Waals surface area (Å²) < 4.78 is 404. The Morgan fingerprint density at radius 2 is 0.485 bits per heavy atom. The van der Waals surface area contributed by atoms with Gasteiger partial charge in [-0.15, -0.1) is 0 Å². The average molecular weight is 1240 g/mol. The molecule has 8 bridgehead atoms. The molecular weight excluding hydrogens is 1230 g/mol.